The lowest BCUT2D eigenvalue weighted by molar-refractivity contribution is -0.159. The number of rotatable bonds is 12. The van der Waals surface area contributed by atoms with Gasteiger partial charge in [-0.25, -0.2) is 4.79 Å². The molecule has 0 bridgehead atoms. The molecule has 7 heteroatoms. The molecule has 0 heterocycles. The smallest absolute Gasteiger partial charge is 0.329 e. The number of nitrogens with one attached hydrogen (secondary N) is 1. The second kappa shape index (κ2) is 12.9. The van der Waals surface area contributed by atoms with E-state index < -0.39 is 37.9 Å². The van der Waals surface area contributed by atoms with Crippen molar-refractivity contribution in [3.8, 4) is 5.75 Å². The van der Waals surface area contributed by atoms with Gasteiger partial charge in [-0.1, -0.05) is 67.5 Å². The Kier molecular flexibility index (Phi) is 11.5. The summed E-state index contributed by atoms with van der Waals surface area (Å²) in [5.74, 6) is -0.0536. The van der Waals surface area contributed by atoms with Crippen molar-refractivity contribution in [1.82, 2.24) is 5.32 Å². The van der Waals surface area contributed by atoms with Crippen molar-refractivity contribution in [2.75, 3.05) is 0 Å². The van der Waals surface area contributed by atoms with E-state index in [1.165, 1.54) is 0 Å². The predicted molar refractivity (Wildman–Crippen MR) is 145 cm³/mol. The zero-order valence-electron chi connectivity index (χ0n) is 23.8. The van der Waals surface area contributed by atoms with Crippen molar-refractivity contribution in [2.24, 2.45) is 5.92 Å². The Hall–Kier alpha value is -1.86. The number of benzene rings is 1. The minimum Gasteiger partial charge on any atom is -0.543 e. The van der Waals surface area contributed by atoms with Crippen LogP contribution in [0.5, 0.6) is 5.75 Å². The number of aliphatic hydroxyl groups is 1. The molecule has 1 amide bonds. The predicted octanol–water partition coefficient (Wildman–Crippen LogP) is 6.02. The van der Waals surface area contributed by atoms with Crippen molar-refractivity contribution in [3.63, 3.8) is 0 Å². The number of aliphatic hydroxyl groups excluding tert-OH is 1. The van der Waals surface area contributed by atoms with Gasteiger partial charge in [0.05, 0.1) is 0 Å². The fourth-order valence-electron chi connectivity index (χ4n) is 4.89. The number of esters is 1. The van der Waals surface area contributed by atoms with Crippen LogP contribution >= 0.6 is 0 Å². The number of amides is 1. The molecular weight excluding hydrogens is 458 g/mol. The fourth-order valence-corrected chi connectivity index (χ4v) is 10.1. The van der Waals surface area contributed by atoms with Gasteiger partial charge < -0.3 is 19.6 Å². The molecule has 0 aliphatic heterocycles. The SMILES string of the molecule is CC(C)C[C@@H](NC(=O)[C@H](O)Cc1ccc(O[Si](C(C)C)(C(C)C)C(C)C)cc1)C(=O)OC(C)(C)C. The van der Waals surface area contributed by atoms with E-state index in [2.05, 4.69) is 46.9 Å². The maximum atomic E-state index is 12.7. The fraction of sp³-hybridized carbons (Fsp3) is 0.714. The lowest BCUT2D eigenvalue weighted by atomic mass is 10.0. The highest BCUT2D eigenvalue weighted by molar-refractivity contribution is 6.78. The lowest BCUT2D eigenvalue weighted by Crippen LogP contribution is -2.50. The molecule has 0 fully saturated rings. The second-order valence-corrected chi connectivity index (χ2v) is 17.4. The molecular formula is C28H49NO5Si. The quantitative estimate of drug-likeness (QED) is 0.267. The van der Waals surface area contributed by atoms with E-state index in [9.17, 15) is 14.7 Å². The topological polar surface area (TPSA) is 84.9 Å². The van der Waals surface area contributed by atoms with E-state index in [0.717, 1.165) is 11.3 Å². The van der Waals surface area contributed by atoms with E-state index in [1.54, 1.807) is 20.8 Å². The van der Waals surface area contributed by atoms with Crippen LogP contribution in [0.4, 0.5) is 0 Å². The van der Waals surface area contributed by atoms with Crippen molar-refractivity contribution < 1.29 is 23.9 Å². The van der Waals surface area contributed by atoms with Crippen LogP contribution < -0.4 is 9.74 Å². The van der Waals surface area contributed by atoms with Crippen LogP contribution in [0.15, 0.2) is 24.3 Å². The van der Waals surface area contributed by atoms with Gasteiger partial charge in [-0.2, -0.15) is 0 Å². The third-order valence-corrected chi connectivity index (χ3v) is 12.4. The first-order valence-corrected chi connectivity index (χ1v) is 15.1. The molecule has 0 spiro atoms. The zero-order chi connectivity index (χ0) is 27.1. The van der Waals surface area contributed by atoms with Crippen LogP contribution in [-0.4, -0.2) is 43.0 Å². The molecule has 1 aromatic rings. The molecule has 1 aromatic carbocycles. The molecule has 2 atom stereocenters. The van der Waals surface area contributed by atoms with Crippen LogP contribution in [0, 0.1) is 5.92 Å². The van der Waals surface area contributed by atoms with Crippen molar-refractivity contribution in [2.45, 2.75) is 123 Å². The molecule has 0 saturated heterocycles. The summed E-state index contributed by atoms with van der Waals surface area (Å²) in [4.78, 5) is 25.3. The Balaban J connectivity index is 2.90. The summed E-state index contributed by atoms with van der Waals surface area (Å²) in [7, 11) is -2.05. The van der Waals surface area contributed by atoms with Gasteiger partial charge >= 0.3 is 5.97 Å². The Morgan fingerprint density at radius 1 is 0.914 bits per heavy atom. The monoisotopic (exact) mass is 507 g/mol. The largest absolute Gasteiger partial charge is 0.543 e. The van der Waals surface area contributed by atoms with Gasteiger partial charge in [0, 0.05) is 6.42 Å². The number of hydrogen-bond donors (Lipinski definition) is 2. The third-order valence-electron chi connectivity index (χ3n) is 6.37. The normalized spacial score (nSPS) is 14.4. The third kappa shape index (κ3) is 9.26. The highest BCUT2D eigenvalue weighted by Crippen LogP contribution is 2.42. The summed E-state index contributed by atoms with van der Waals surface area (Å²) >= 11 is 0. The van der Waals surface area contributed by atoms with Gasteiger partial charge in [-0.3, -0.25) is 4.79 Å². The average molecular weight is 508 g/mol. The Labute approximate surface area is 214 Å². The number of ether oxygens (including phenoxy) is 1. The standard InChI is InChI=1S/C28H49NO5Si/c1-18(2)16-24(27(32)33-28(9,10)11)29-26(31)25(30)17-22-12-14-23(15-13-22)34-35(19(3)4,20(5)6)21(7)8/h12-15,18-21,24-25,30H,16-17H2,1-11H3,(H,29,31)/t24-,25-/m1/s1. The molecule has 2 N–H and O–H groups in total. The highest BCUT2D eigenvalue weighted by atomic mass is 28.4. The minimum absolute atomic E-state index is 0.149. The van der Waals surface area contributed by atoms with Crippen LogP contribution in [-0.2, 0) is 20.7 Å². The van der Waals surface area contributed by atoms with E-state index in [0.29, 0.717) is 23.0 Å². The summed E-state index contributed by atoms with van der Waals surface area (Å²) in [5.41, 5.74) is 1.58. The lowest BCUT2D eigenvalue weighted by Gasteiger charge is -2.42. The van der Waals surface area contributed by atoms with Crippen molar-refractivity contribution in [1.29, 1.82) is 0 Å². The Morgan fingerprint density at radius 2 is 1.40 bits per heavy atom. The van der Waals surface area contributed by atoms with Crippen LogP contribution in [0.25, 0.3) is 0 Å². The number of carbonyl (C=O) groups excluding carboxylic acids is 2. The molecule has 0 aliphatic rings. The first-order chi connectivity index (χ1) is 16.0. The van der Waals surface area contributed by atoms with Crippen LogP contribution in [0.3, 0.4) is 0 Å². The highest BCUT2D eigenvalue weighted by Gasteiger charge is 2.47. The molecule has 0 aliphatic carbocycles. The maximum absolute atomic E-state index is 12.7. The first-order valence-electron chi connectivity index (χ1n) is 13.0. The Bertz CT molecular complexity index is 790. The van der Waals surface area contributed by atoms with Crippen molar-refractivity contribution in [3.05, 3.63) is 29.8 Å². The van der Waals surface area contributed by atoms with Gasteiger partial charge in [-0.05, 0) is 67.4 Å². The molecule has 6 nitrogen and oxygen atoms in total. The summed E-state index contributed by atoms with van der Waals surface area (Å²) < 4.78 is 12.2. The maximum Gasteiger partial charge on any atom is 0.329 e. The summed E-state index contributed by atoms with van der Waals surface area (Å²) in [6.07, 6.45) is -0.683. The number of hydrogen-bond acceptors (Lipinski definition) is 5. The van der Waals surface area contributed by atoms with Crippen LogP contribution in [0.2, 0.25) is 16.6 Å². The molecule has 35 heavy (non-hydrogen) atoms. The average Bonchev–Trinajstić information content (AvgIpc) is 2.70. The number of carbonyl (C=O) groups is 2. The van der Waals surface area contributed by atoms with Crippen LogP contribution in [0.1, 0.15) is 88.1 Å². The van der Waals surface area contributed by atoms with E-state index >= 15 is 0 Å². The summed E-state index contributed by atoms with van der Waals surface area (Å²) in [6.45, 7) is 22.8. The summed E-state index contributed by atoms with van der Waals surface area (Å²) in [6, 6.07) is 6.85. The van der Waals surface area contributed by atoms with Gasteiger partial charge in [0.2, 0.25) is 5.91 Å². The molecule has 200 valence electrons. The molecule has 1 rings (SSSR count). The zero-order valence-corrected chi connectivity index (χ0v) is 24.8. The molecule has 0 radical (unpaired) electrons. The van der Waals surface area contributed by atoms with E-state index in [-0.39, 0.29) is 12.3 Å². The second-order valence-electron chi connectivity index (χ2n) is 12.0. The van der Waals surface area contributed by atoms with Gasteiger partial charge in [0.1, 0.15) is 23.5 Å². The first kappa shape index (κ1) is 31.2. The Morgan fingerprint density at radius 3 is 1.80 bits per heavy atom. The molecule has 0 aromatic heterocycles. The van der Waals surface area contributed by atoms with E-state index in [1.807, 2.05) is 38.1 Å². The van der Waals surface area contributed by atoms with Gasteiger partial charge in [0.15, 0.2) is 0 Å². The van der Waals surface area contributed by atoms with Gasteiger partial charge in [0.25, 0.3) is 8.32 Å². The summed E-state index contributed by atoms with van der Waals surface area (Å²) in [5, 5.41) is 13.2. The molecule has 0 saturated carbocycles. The molecule has 0 unspecified atom stereocenters. The minimum atomic E-state index is -2.05. The van der Waals surface area contributed by atoms with E-state index in [4.69, 9.17) is 9.16 Å². The van der Waals surface area contributed by atoms with Gasteiger partial charge in [-0.15, -0.1) is 0 Å². The van der Waals surface area contributed by atoms with Crippen molar-refractivity contribution >= 4 is 20.2 Å².